The number of fused-ring (bicyclic) bond motifs is 2. The Morgan fingerprint density at radius 2 is 1.72 bits per heavy atom. The molecule has 0 amide bonds. The Balaban J connectivity index is 1.96. The Bertz CT molecular complexity index is 289. The Morgan fingerprint density at radius 1 is 1.06 bits per heavy atom. The Labute approximate surface area is 113 Å². The highest BCUT2D eigenvalue weighted by atomic mass is 16.3. The summed E-state index contributed by atoms with van der Waals surface area (Å²) in [5.74, 6) is 0.753. The third-order valence-electron chi connectivity index (χ3n) is 6.47. The van der Waals surface area contributed by atoms with Gasteiger partial charge in [0.25, 0.3) is 0 Å². The summed E-state index contributed by atoms with van der Waals surface area (Å²) in [7, 11) is 0. The monoisotopic (exact) mass is 252 g/mol. The SMILES string of the molecule is CCCCCCCC1(O)C2(C)CCC(C2)C1(C)C. The maximum atomic E-state index is 11.3. The zero-order chi connectivity index (χ0) is 13.4. The van der Waals surface area contributed by atoms with Gasteiger partial charge in [-0.25, -0.2) is 0 Å². The fourth-order valence-corrected chi connectivity index (χ4v) is 4.96. The van der Waals surface area contributed by atoms with E-state index in [9.17, 15) is 5.11 Å². The molecule has 3 unspecified atom stereocenters. The molecule has 18 heavy (non-hydrogen) atoms. The van der Waals surface area contributed by atoms with Gasteiger partial charge in [0.1, 0.15) is 0 Å². The second-order valence-electron chi connectivity index (χ2n) is 7.75. The van der Waals surface area contributed by atoms with Gasteiger partial charge in [-0.2, -0.15) is 0 Å². The predicted octanol–water partition coefficient (Wildman–Crippen LogP) is 4.92. The van der Waals surface area contributed by atoms with Crippen molar-refractivity contribution in [2.45, 2.75) is 91.1 Å². The summed E-state index contributed by atoms with van der Waals surface area (Å²) in [6.07, 6.45) is 11.4. The number of hydrogen-bond acceptors (Lipinski definition) is 1. The van der Waals surface area contributed by atoms with E-state index < -0.39 is 5.60 Å². The van der Waals surface area contributed by atoms with Crippen molar-refractivity contribution in [3.8, 4) is 0 Å². The summed E-state index contributed by atoms with van der Waals surface area (Å²) in [5, 5.41) is 11.3. The van der Waals surface area contributed by atoms with Gasteiger partial charge >= 0.3 is 0 Å². The summed E-state index contributed by atoms with van der Waals surface area (Å²) in [5.41, 5.74) is -0.0776. The molecular weight excluding hydrogens is 220 g/mol. The molecule has 1 heteroatoms. The molecule has 2 aliphatic rings. The smallest absolute Gasteiger partial charge is 0.0754 e. The zero-order valence-corrected chi connectivity index (χ0v) is 12.9. The van der Waals surface area contributed by atoms with Gasteiger partial charge < -0.3 is 5.11 Å². The van der Waals surface area contributed by atoms with E-state index in [1.165, 1.54) is 51.4 Å². The molecule has 1 N–H and O–H groups in total. The van der Waals surface area contributed by atoms with E-state index in [1.54, 1.807) is 0 Å². The lowest BCUT2D eigenvalue weighted by atomic mass is 9.58. The molecule has 0 heterocycles. The summed E-state index contributed by atoms with van der Waals surface area (Å²) in [6, 6.07) is 0. The van der Waals surface area contributed by atoms with Crippen LogP contribution in [0.25, 0.3) is 0 Å². The Hall–Kier alpha value is -0.0400. The first-order valence-corrected chi connectivity index (χ1v) is 8.10. The van der Waals surface area contributed by atoms with Gasteiger partial charge in [-0.05, 0) is 42.4 Å². The molecule has 106 valence electrons. The molecule has 2 fully saturated rings. The molecule has 0 radical (unpaired) electrons. The van der Waals surface area contributed by atoms with Crippen LogP contribution in [-0.2, 0) is 0 Å². The highest BCUT2D eigenvalue weighted by Crippen LogP contribution is 2.69. The third-order valence-corrected chi connectivity index (χ3v) is 6.47. The van der Waals surface area contributed by atoms with Crippen molar-refractivity contribution in [1.29, 1.82) is 0 Å². The molecule has 3 atom stereocenters. The molecular formula is C17H32O. The first-order valence-electron chi connectivity index (χ1n) is 8.10. The van der Waals surface area contributed by atoms with Crippen LogP contribution in [-0.4, -0.2) is 10.7 Å². The lowest BCUT2D eigenvalue weighted by Gasteiger charge is -2.51. The van der Waals surface area contributed by atoms with Gasteiger partial charge in [0, 0.05) is 0 Å². The highest BCUT2D eigenvalue weighted by molar-refractivity contribution is 5.17. The van der Waals surface area contributed by atoms with Gasteiger partial charge in [-0.15, -0.1) is 0 Å². The maximum Gasteiger partial charge on any atom is 0.0754 e. The van der Waals surface area contributed by atoms with Crippen molar-refractivity contribution in [3.05, 3.63) is 0 Å². The molecule has 2 rings (SSSR count). The fourth-order valence-electron chi connectivity index (χ4n) is 4.96. The number of rotatable bonds is 6. The molecule has 2 aliphatic carbocycles. The topological polar surface area (TPSA) is 20.2 Å². The zero-order valence-electron chi connectivity index (χ0n) is 12.9. The van der Waals surface area contributed by atoms with Crippen LogP contribution in [0.15, 0.2) is 0 Å². The van der Waals surface area contributed by atoms with E-state index in [0.29, 0.717) is 0 Å². The molecule has 0 aliphatic heterocycles. The standard InChI is InChI=1S/C17H32O/c1-5-6-7-8-9-11-17(18)15(2,3)14-10-12-16(17,4)13-14/h14,18H,5-13H2,1-4H3. The third kappa shape index (κ3) is 1.94. The number of aliphatic hydroxyl groups is 1. The number of unbranched alkanes of at least 4 members (excludes halogenated alkanes) is 4. The second-order valence-corrected chi connectivity index (χ2v) is 7.75. The van der Waals surface area contributed by atoms with Crippen LogP contribution in [0.1, 0.15) is 85.5 Å². The predicted molar refractivity (Wildman–Crippen MR) is 77.6 cm³/mol. The maximum absolute atomic E-state index is 11.3. The molecule has 0 spiro atoms. The Morgan fingerprint density at radius 3 is 2.28 bits per heavy atom. The van der Waals surface area contributed by atoms with Crippen LogP contribution in [0, 0.1) is 16.7 Å². The van der Waals surface area contributed by atoms with E-state index >= 15 is 0 Å². The molecule has 2 saturated carbocycles. The fraction of sp³-hybridized carbons (Fsp3) is 1.00. The minimum atomic E-state index is -0.408. The summed E-state index contributed by atoms with van der Waals surface area (Å²) >= 11 is 0. The van der Waals surface area contributed by atoms with Crippen molar-refractivity contribution in [2.75, 3.05) is 0 Å². The highest BCUT2D eigenvalue weighted by Gasteiger charge is 2.67. The lowest BCUT2D eigenvalue weighted by molar-refractivity contribution is -0.148. The van der Waals surface area contributed by atoms with Crippen molar-refractivity contribution in [2.24, 2.45) is 16.7 Å². The summed E-state index contributed by atoms with van der Waals surface area (Å²) < 4.78 is 0. The first kappa shape index (κ1) is 14.4. The minimum Gasteiger partial charge on any atom is -0.389 e. The molecule has 0 aromatic heterocycles. The van der Waals surface area contributed by atoms with Crippen molar-refractivity contribution in [1.82, 2.24) is 0 Å². The van der Waals surface area contributed by atoms with Gasteiger partial charge in [-0.3, -0.25) is 0 Å². The summed E-state index contributed by atoms with van der Waals surface area (Å²) in [6.45, 7) is 9.23. The largest absolute Gasteiger partial charge is 0.389 e. The van der Waals surface area contributed by atoms with E-state index in [0.717, 1.165) is 12.3 Å². The van der Waals surface area contributed by atoms with Crippen LogP contribution < -0.4 is 0 Å². The van der Waals surface area contributed by atoms with Crippen LogP contribution in [0.2, 0.25) is 0 Å². The molecule has 0 aromatic rings. The molecule has 0 saturated heterocycles. The van der Waals surface area contributed by atoms with E-state index in [-0.39, 0.29) is 10.8 Å². The van der Waals surface area contributed by atoms with E-state index in [1.807, 2.05) is 0 Å². The lowest BCUT2D eigenvalue weighted by Crippen LogP contribution is -2.53. The van der Waals surface area contributed by atoms with E-state index in [4.69, 9.17) is 0 Å². The minimum absolute atomic E-state index is 0.130. The number of hydrogen-bond donors (Lipinski definition) is 1. The average molecular weight is 252 g/mol. The van der Waals surface area contributed by atoms with Gasteiger partial charge in [0.05, 0.1) is 5.60 Å². The van der Waals surface area contributed by atoms with Crippen LogP contribution >= 0.6 is 0 Å². The van der Waals surface area contributed by atoms with Gasteiger partial charge in [0.2, 0.25) is 0 Å². The Kier molecular flexibility index (Phi) is 3.84. The van der Waals surface area contributed by atoms with Crippen LogP contribution in [0.4, 0.5) is 0 Å². The van der Waals surface area contributed by atoms with Crippen LogP contribution in [0.3, 0.4) is 0 Å². The quantitative estimate of drug-likeness (QED) is 0.665. The van der Waals surface area contributed by atoms with E-state index in [2.05, 4.69) is 27.7 Å². The second kappa shape index (κ2) is 4.81. The van der Waals surface area contributed by atoms with Crippen molar-refractivity contribution in [3.63, 3.8) is 0 Å². The normalized spacial score (nSPS) is 41.5. The van der Waals surface area contributed by atoms with Gasteiger partial charge in [-0.1, -0.05) is 59.8 Å². The summed E-state index contributed by atoms with van der Waals surface area (Å²) in [4.78, 5) is 0. The average Bonchev–Trinajstić information content (AvgIpc) is 2.77. The van der Waals surface area contributed by atoms with Gasteiger partial charge in [0.15, 0.2) is 0 Å². The molecule has 1 nitrogen and oxygen atoms in total. The van der Waals surface area contributed by atoms with Crippen LogP contribution in [0.5, 0.6) is 0 Å². The van der Waals surface area contributed by atoms with Crippen molar-refractivity contribution < 1.29 is 5.11 Å². The molecule has 0 aromatic carbocycles. The molecule has 2 bridgehead atoms. The first-order chi connectivity index (χ1) is 8.37. The van der Waals surface area contributed by atoms with Crippen molar-refractivity contribution >= 4 is 0 Å².